The van der Waals surface area contributed by atoms with E-state index in [-0.39, 0.29) is 5.54 Å². The Kier molecular flexibility index (Phi) is 3.74. The molecular weight excluding hydrogens is 242 g/mol. The molecule has 0 aliphatic carbocycles. The lowest BCUT2D eigenvalue weighted by molar-refractivity contribution is 0.341. The molecule has 0 saturated carbocycles. The molecule has 1 heterocycles. The second kappa shape index (κ2) is 5.30. The number of para-hydroxylation sites is 1. The van der Waals surface area contributed by atoms with Crippen molar-refractivity contribution in [2.24, 2.45) is 0 Å². The van der Waals surface area contributed by atoms with Gasteiger partial charge >= 0.3 is 6.01 Å². The Labute approximate surface area is 113 Å². The zero-order chi connectivity index (χ0) is 13.9. The normalized spacial score (nSPS) is 11.4. The van der Waals surface area contributed by atoms with Gasteiger partial charge in [0, 0.05) is 5.54 Å². The molecule has 0 aliphatic rings. The number of benzene rings is 1. The van der Waals surface area contributed by atoms with Crippen molar-refractivity contribution in [3.63, 3.8) is 0 Å². The quantitative estimate of drug-likeness (QED) is 0.914. The van der Waals surface area contributed by atoms with Crippen LogP contribution in [0.15, 0.2) is 28.8 Å². The number of ether oxygens (including phenoxy) is 1. The number of nitrogens with one attached hydrogen (secondary N) is 1. The summed E-state index contributed by atoms with van der Waals surface area (Å²) in [5, 5.41) is 7.13. The van der Waals surface area contributed by atoms with E-state index in [0.29, 0.717) is 18.4 Å². The van der Waals surface area contributed by atoms with Gasteiger partial charge in [0.2, 0.25) is 5.82 Å². The first-order valence-electron chi connectivity index (χ1n) is 6.33. The molecule has 0 fully saturated rings. The van der Waals surface area contributed by atoms with Gasteiger partial charge in [-0.1, -0.05) is 17.3 Å². The van der Waals surface area contributed by atoms with Crippen LogP contribution in [0.4, 0.5) is 6.01 Å². The molecule has 1 aromatic heterocycles. The lowest BCUT2D eigenvalue weighted by Gasteiger charge is -2.17. The fourth-order valence-corrected chi connectivity index (χ4v) is 1.64. The molecule has 0 radical (unpaired) electrons. The van der Waals surface area contributed by atoms with E-state index in [4.69, 9.17) is 9.26 Å². The molecule has 1 N–H and O–H groups in total. The van der Waals surface area contributed by atoms with Crippen LogP contribution in [0.1, 0.15) is 27.7 Å². The molecule has 1 aromatic carbocycles. The fourth-order valence-electron chi connectivity index (χ4n) is 1.64. The molecule has 0 amide bonds. The van der Waals surface area contributed by atoms with Crippen molar-refractivity contribution in [1.29, 1.82) is 0 Å². The summed E-state index contributed by atoms with van der Waals surface area (Å²) in [4.78, 5) is 4.34. The van der Waals surface area contributed by atoms with Crippen molar-refractivity contribution in [2.45, 2.75) is 33.2 Å². The lowest BCUT2D eigenvalue weighted by Crippen LogP contribution is -2.26. The minimum atomic E-state index is -0.122. The second-order valence-electron chi connectivity index (χ2n) is 5.23. The van der Waals surface area contributed by atoms with E-state index < -0.39 is 0 Å². The monoisotopic (exact) mass is 261 g/mol. The molecule has 19 heavy (non-hydrogen) atoms. The van der Waals surface area contributed by atoms with E-state index in [1.165, 1.54) is 0 Å². The maximum Gasteiger partial charge on any atom is 0.322 e. The average Bonchev–Trinajstić information content (AvgIpc) is 2.76. The average molecular weight is 261 g/mol. The first-order valence-corrected chi connectivity index (χ1v) is 6.33. The van der Waals surface area contributed by atoms with E-state index in [1.807, 2.05) is 52.0 Å². The highest BCUT2D eigenvalue weighted by molar-refractivity contribution is 5.64. The summed E-state index contributed by atoms with van der Waals surface area (Å²) in [6.07, 6.45) is 0. The molecule has 5 heteroatoms. The van der Waals surface area contributed by atoms with Crippen LogP contribution in [-0.4, -0.2) is 22.3 Å². The Morgan fingerprint density at radius 2 is 2.00 bits per heavy atom. The highest BCUT2D eigenvalue weighted by atomic mass is 16.5. The van der Waals surface area contributed by atoms with Crippen LogP contribution in [0, 0.1) is 0 Å². The molecule has 0 spiro atoms. The minimum Gasteiger partial charge on any atom is -0.493 e. The van der Waals surface area contributed by atoms with Gasteiger partial charge in [0.25, 0.3) is 0 Å². The van der Waals surface area contributed by atoms with Crippen LogP contribution < -0.4 is 10.1 Å². The lowest BCUT2D eigenvalue weighted by atomic mass is 10.1. The largest absolute Gasteiger partial charge is 0.493 e. The van der Waals surface area contributed by atoms with Crippen LogP contribution in [0.25, 0.3) is 11.4 Å². The van der Waals surface area contributed by atoms with Crippen molar-refractivity contribution in [3.8, 4) is 17.1 Å². The summed E-state index contributed by atoms with van der Waals surface area (Å²) in [5.41, 5.74) is 0.707. The third-order valence-electron chi connectivity index (χ3n) is 2.34. The van der Waals surface area contributed by atoms with Gasteiger partial charge in [-0.15, -0.1) is 0 Å². The topological polar surface area (TPSA) is 60.2 Å². The molecule has 102 valence electrons. The summed E-state index contributed by atoms with van der Waals surface area (Å²) in [6.45, 7) is 8.64. The fraction of sp³-hybridized carbons (Fsp3) is 0.429. The molecule has 0 aliphatic heterocycles. The van der Waals surface area contributed by atoms with Crippen molar-refractivity contribution >= 4 is 6.01 Å². The third-order valence-corrected chi connectivity index (χ3v) is 2.34. The first-order chi connectivity index (χ1) is 8.99. The van der Waals surface area contributed by atoms with Gasteiger partial charge in [-0.2, -0.15) is 4.98 Å². The predicted molar refractivity (Wildman–Crippen MR) is 74.3 cm³/mol. The molecule has 2 rings (SSSR count). The van der Waals surface area contributed by atoms with Crippen LogP contribution in [0.5, 0.6) is 5.75 Å². The van der Waals surface area contributed by atoms with Gasteiger partial charge in [-0.3, -0.25) is 0 Å². The predicted octanol–water partition coefficient (Wildman–Crippen LogP) is 3.35. The Hall–Kier alpha value is -2.04. The van der Waals surface area contributed by atoms with Gasteiger partial charge in [0.05, 0.1) is 12.2 Å². The minimum absolute atomic E-state index is 0.122. The van der Waals surface area contributed by atoms with Gasteiger partial charge in [0.1, 0.15) is 5.75 Å². The smallest absolute Gasteiger partial charge is 0.322 e. The van der Waals surface area contributed by atoms with Crippen LogP contribution in [-0.2, 0) is 0 Å². The second-order valence-corrected chi connectivity index (χ2v) is 5.23. The van der Waals surface area contributed by atoms with E-state index in [0.717, 1.165) is 11.3 Å². The SMILES string of the molecule is CCOc1ccccc1-c1noc(NC(C)(C)C)n1. The molecule has 5 nitrogen and oxygen atoms in total. The van der Waals surface area contributed by atoms with Gasteiger partial charge in [-0.25, -0.2) is 0 Å². The van der Waals surface area contributed by atoms with E-state index in [2.05, 4.69) is 15.5 Å². The third kappa shape index (κ3) is 3.47. The van der Waals surface area contributed by atoms with Gasteiger partial charge in [0.15, 0.2) is 0 Å². The summed E-state index contributed by atoms with van der Waals surface area (Å²) in [7, 11) is 0. The molecule has 2 aromatic rings. The first kappa shape index (κ1) is 13.4. The standard InChI is InChI=1S/C14H19N3O2/c1-5-18-11-9-7-6-8-10(11)12-15-13(19-17-12)16-14(2,3)4/h6-9H,5H2,1-4H3,(H,15,16,17). The number of hydrogen-bond donors (Lipinski definition) is 1. The Bertz CT molecular complexity index is 544. The van der Waals surface area contributed by atoms with Crippen molar-refractivity contribution in [1.82, 2.24) is 10.1 Å². The molecule has 0 atom stereocenters. The van der Waals surface area contributed by atoms with Crippen molar-refractivity contribution < 1.29 is 9.26 Å². The van der Waals surface area contributed by atoms with Crippen LogP contribution in [0.3, 0.4) is 0 Å². The maximum absolute atomic E-state index is 5.56. The van der Waals surface area contributed by atoms with E-state index >= 15 is 0 Å². The van der Waals surface area contributed by atoms with Gasteiger partial charge in [-0.05, 0) is 39.8 Å². The van der Waals surface area contributed by atoms with E-state index in [1.54, 1.807) is 0 Å². The van der Waals surface area contributed by atoms with Crippen molar-refractivity contribution in [3.05, 3.63) is 24.3 Å². The molecule has 0 unspecified atom stereocenters. The summed E-state index contributed by atoms with van der Waals surface area (Å²) >= 11 is 0. The summed E-state index contributed by atoms with van der Waals surface area (Å²) in [5.74, 6) is 1.28. The zero-order valence-electron chi connectivity index (χ0n) is 11.7. The van der Waals surface area contributed by atoms with E-state index in [9.17, 15) is 0 Å². The summed E-state index contributed by atoms with van der Waals surface area (Å²) < 4.78 is 10.8. The van der Waals surface area contributed by atoms with Gasteiger partial charge < -0.3 is 14.6 Å². The van der Waals surface area contributed by atoms with Crippen molar-refractivity contribution in [2.75, 3.05) is 11.9 Å². The molecule has 0 saturated heterocycles. The summed E-state index contributed by atoms with van der Waals surface area (Å²) in [6, 6.07) is 8.06. The number of aromatic nitrogens is 2. The molecule has 0 bridgehead atoms. The Morgan fingerprint density at radius 1 is 1.26 bits per heavy atom. The Balaban J connectivity index is 2.28. The number of anilines is 1. The number of rotatable bonds is 4. The highest BCUT2D eigenvalue weighted by Gasteiger charge is 2.17. The zero-order valence-corrected chi connectivity index (χ0v) is 11.7. The highest BCUT2D eigenvalue weighted by Crippen LogP contribution is 2.28. The number of hydrogen-bond acceptors (Lipinski definition) is 5. The molecular formula is C14H19N3O2. The number of nitrogens with zero attached hydrogens (tertiary/aromatic N) is 2. The van der Waals surface area contributed by atoms with Crippen LogP contribution in [0.2, 0.25) is 0 Å². The Morgan fingerprint density at radius 3 is 2.68 bits per heavy atom. The maximum atomic E-state index is 5.56. The van der Waals surface area contributed by atoms with Crippen LogP contribution >= 0.6 is 0 Å².